The van der Waals surface area contributed by atoms with Gasteiger partial charge in [-0.05, 0) is 31.0 Å². The second-order valence-corrected chi connectivity index (χ2v) is 7.11. The average Bonchev–Trinajstić information content (AvgIpc) is 3.35. The van der Waals surface area contributed by atoms with E-state index in [4.69, 9.17) is 9.84 Å². The summed E-state index contributed by atoms with van der Waals surface area (Å²) < 4.78 is 6.97. The first-order valence-electron chi connectivity index (χ1n) is 9.52. The van der Waals surface area contributed by atoms with E-state index in [1.807, 2.05) is 31.4 Å². The Kier molecular flexibility index (Phi) is 4.17. The van der Waals surface area contributed by atoms with Crippen LogP contribution in [0.5, 0.6) is 0 Å². The number of hydrogen-bond donors (Lipinski definition) is 3. The number of nitrogens with one attached hydrogen (secondary N) is 3. The van der Waals surface area contributed by atoms with E-state index in [9.17, 15) is 4.79 Å². The molecule has 5 rings (SSSR count). The lowest BCUT2D eigenvalue weighted by atomic mass is 9.89. The Bertz CT molecular complexity index is 1210. The number of fused-ring (bicyclic) bond motifs is 2. The molecule has 0 saturated heterocycles. The molecule has 1 saturated carbocycles. The number of hydrogen-bond acceptors (Lipinski definition) is 6. The van der Waals surface area contributed by atoms with Crippen LogP contribution in [-0.4, -0.2) is 56.8 Å². The molecule has 9 nitrogen and oxygen atoms in total. The van der Waals surface area contributed by atoms with Crippen LogP contribution in [0.3, 0.4) is 0 Å². The van der Waals surface area contributed by atoms with E-state index < -0.39 is 0 Å². The van der Waals surface area contributed by atoms with E-state index in [1.165, 1.54) is 0 Å². The molecule has 0 unspecified atom stereocenters. The van der Waals surface area contributed by atoms with Crippen molar-refractivity contribution in [2.45, 2.75) is 25.0 Å². The maximum Gasteiger partial charge on any atom is 0.271 e. The highest BCUT2D eigenvalue weighted by atomic mass is 16.5. The van der Waals surface area contributed by atoms with Crippen LogP contribution in [-0.2, 0) is 4.74 Å². The lowest BCUT2D eigenvalue weighted by Gasteiger charge is -2.35. The summed E-state index contributed by atoms with van der Waals surface area (Å²) in [7, 11) is 3.49. The molecular weight excluding hydrogens is 370 g/mol. The summed E-state index contributed by atoms with van der Waals surface area (Å²) in [5.74, 6) is -0.212. The van der Waals surface area contributed by atoms with Gasteiger partial charge in [-0.25, -0.2) is 14.5 Å². The van der Waals surface area contributed by atoms with Crippen molar-refractivity contribution in [2.24, 2.45) is 0 Å². The van der Waals surface area contributed by atoms with Gasteiger partial charge in [-0.15, -0.1) is 0 Å². The molecule has 0 aliphatic heterocycles. The zero-order valence-electron chi connectivity index (χ0n) is 16.1. The number of H-pyrrole nitrogens is 1. The van der Waals surface area contributed by atoms with Gasteiger partial charge in [0.25, 0.3) is 5.91 Å². The molecule has 4 aromatic heterocycles. The van der Waals surface area contributed by atoms with Crippen molar-refractivity contribution in [2.75, 3.05) is 19.5 Å². The van der Waals surface area contributed by atoms with E-state index in [2.05, 4.69) is 25.6 Å². The van der Waals surface area contributed by atoms with Crippen LogP contribution < -0.4 is 10.6 Å². The molecule has 1 aliphatic rings. The molecule has 29 heavy (non-hydrogen) atoms. The summed E-state index contributed by atoms with van der Waals surface area (Å²) in [5, 5.41) is 11.9. The molecule has 4 aromatic rings. The SMILES string of the molecule is CNc1cc(-c2c[nH]c3ncccc23)nn2c(C(=O)N[C@H]3CC[C@@H]3OC)cnc12. The molecule has 2 atom stereocenters. The van der Waals surface area contributed by atoms with Crippen LogP contribution in [0.15, 0.2) is 36.8 Å². The third kappa shape index (κ3) is 2.82. The van der Waals surface area contributed by atoms with Crippen LogP contribution in [0, 0.1) is 0 Å². The first kappa shape index (κ1) is 17.6. The largest absolute Gasteiger partial charge is 0.385 e. The highest BCUT2D eigenvalue weighted by Crippen LogP contribution is 2.29. The fourth-order valence-electron chi connectivity index (χ4n) is 3.77. The first-order valence-corrected chi connectivity index (χ1v) is 9.52. The number of aromatic amines is 1. The lowest BCUT2D eigenvalue weighted by molar-refractivity contribution is 0.00718. The molecule has 0 spiro atoms. The Morgan fingerprint density at radius 3 is 3.00 bits per heavy atom. The van der Waals surface area contributed by atoms with Gasteiger partial charge in [-0.2, -0.15) is 5.10 Å². The Labute approximate surface area is 166 Å². The number of amides is 1. The Morgan fingerprint density at radius 1 is 1.34 bits per heavy atom. The molecule has 0 aromatic carbocycles. The highest BCUT2D eigenvalue weighted by Gasteiger charge is 2.33. The van der Waals surface area contributed by atoms with E-state index >= 15 is 0 Å². The molecule has 9 heteroatoms. The van der Waals surface area contributed by atoms with Gasteiger partial charge in [0.1, 0.15) is 5.65 Å². The van der Waals surface area contributed by atoms with Gasteiger partial charge in [-0.3, -0.25) is 4.79 Å². The fraction of sp³-hybridized carbons (Fsp3) is 0.300. The van der Waals surface area contributed by atoms with E-state index in [0.717, 1.165) is 35.1 Å². The molecule has 3 N–H and O–H groups in total. The third-order valence-electron chi connectivity index (χ3n) is 5.53. The number of carbonyl (C=O) groups is 1. The average molecular weight is 391 g/mol. The number of aromatic nitrogens is 5. The zero-order valence-corrected chi connectivity index (χ0v) is 16.1. The maximum absolute atomic E-state index is 12.9. The predicted octanol–water partition coefficient (Wildman–Crippen LogP) is 2.22. The zero-order chi connectivity index (χ0) is 20.0. The summed E-state index contributed by atoms with van der Waals surface area (Å²) in [6, 6.07) is 5.82. The molecule has 1 amide bonds. The van der Waals surface area contributed by atoms with Gasteiger partial charge >= 0.3 is 0 Å². The lowest BCUT2D eigenvalue weighted by Crippen LogP contribution is -2.51. The topological polar surface area (TPSA) is 109 Å². The van der Waals surface area contributed by atoms with Gasteiger partial charge in [0.15, 0.2) is 11.3 Å². The summed E-state index contributed by atoms with van der Waals surface area (Å²) >= 11 is 0. The Morgan fingerprint density at radius 2 is 2.24 bits per heavy atom. The summed E-state index contributed by atoms with van der Waals surface area (Å²) in [6.07, 6.45) is 7.09. The molecule has 4 heterocycles. The van der Waals surface area contributed by atoms with Crippen molar-refractivity contribution in [1.82, 2.24) is 29.9 Å². The summed E-state index contributed by atoms with van der Waals surface area (Å²) in [6.45, 7) is 0. The predicted molar refractivity (Wildman–Crippen MR) is 109 cm³/mol. The maximum atomic E-state index is 12.9. The van der Waals surface area contributed by atoms with Gasteiger partial charge in [0.2, 0.25) is 0 Å². The van der Waals surface area contributed by atoms with Crippen LogP contribution in [0.4, 0.5) is 5.69 Å². The van der Waals surface area contributed by atoms with Crippen molar-refractivity contribution in [3.63, 3.8) is 0 Å². The molecule has 148 valence electrons. The summed E-state index contributed by atoms with van der Waals surface area (Å²) in [4.78, 5) is 24.8. The normalized spacial score (nSPS) is 18.7. The van der Waals surface area contributed by atoms with Crippen molar-refractivity contribution >= 4 is 28.3 Å². The quantitative estimate of drug-likeness (QED) is 0.481. The Balaban J connectivity index is 1.59. The highest BCUT2D eigenvalue weighted by molar-refractivity contribution is 5.96. The van der Waals surface area contributed by atoms with Crippen LogP contribution >= 0.6 is 0 Å². The molecular formula is C20H21N7O2. The van der Waals surface area contributed by atoms with Gasteiger partial charge in [-0.1, -0.05) is 0 Å². The fourth-order valence-corrected chi connectivity index (χ4v) is 3.77. The van der Waals surface area contributed by atoms with Crippen molar-refractivity contribution in [1.29, 1.82) is 0 Å². The number of nitrogens with zero attached hydrogens (tertiary/aromatic N) is 4. The standard InChI is InChI=1S/C20H21N7O2/c1-21-15-8-14(12-9-23-18-11(12)4-3-7-22-18)26-27-16(10-24-19(15)27)20(28)25-13-5-6-17(13)29-2/h3-4,7-10,13,17,21H,5-6H2,1-2H3,(H,22,23)(H,25,28)/t13-,17-/m0/s1. The molecule has 1 fully saturated rings. The molecule has 0 radical (unpaired) electrons. The van der Waals surface area contributed by atoms with E-state index in [1.54, 1.807) is 24.0 Å². The van der Waals surface area contributed by atoms with Crippen LogP contribution in [0.2, 0.25) is 0 Å². The number of imidazole rings is 1. The number of anilines is 1. The van der Waals surface area contributed by atoms with Gasteiger partial charge in [0.05, 0.1) is 29.7 Å². The minimum absolute atomic E-state index is 0.0182. The Hall–Kier alpha value is -3.46. The molecule has 1 aliphatic carbocycles. The van der Waals surface area contributed by atoms with Crippen molar-refractivity contribution in [3.05, 3.63) is 42.5 Å². The van der Waals surface area contributed by atoms with Crippen LogP contribution in [0.1, 0.15) is 23.3 Å². The minimum atomic E-state index is -0.212. The first-order chi connectivity index (χ1) is 14.2. The third-order valence-corrected chi connectivity index (χ3v) is 5.53. The van der Waals surface area contributed by atoms with Gasteiger partial charge < -0.3 is 20.4 Å². The number of rotatable bonds is 5. The van der Waals surface area contributed by atoms with Crippen molar-refractivity contribution in [3.8, 4) is 11.3 Å². The second kappa shape index (κ2) is 6.85. The smallest absolute Gasteiger partial charge is 0.271 e. The minimum Gasteiger partial charge on any atom is -0.385 e. The van der Waals surface area contributed by atoms with Crippen LogP contribution in [0.25, 0.3) is 27.9 Å². The molecule has 0 bridgehead atoms. The number of ether oxygens (including phenoxy) is 1. The van der Waals surface area contributed by atoms with E-state index in [0.29, 0.717) is 17.0 Å². The monoisotopic (exact) mass is 391 g/mol. The van der Waals surface area contributed by atoms with Gasteiger partial charge in [0, 0.05) is 37.5 Å². The number of methoxy groups -OCH3 is 1. The second-order valence-electron chi connectivity index (χ2n) is 7.11. The number of pyridine rings is 1. The van der Waals surface area contributed by atoms with Crippen molar-refractivity contribution < 1.29 is 9.53 Å². The summed E-state index contributed by atoms with van der Waals surface area (Å²) in [5.41, 5.74) is 4.17. The van der Waals surface area contributed by atoms with E-state index in [-0.39, 0.29) is 18.1 Å². The number of carbonyl (C=O) groups excluding carboxylic acids is 1.